The van der Waals surface area contributed by atoms with Crippen molar-refractivity contribution in [2.45, 2.75) is 107 Å². The topological polar surface area (TPSA) is 13.0 Å². The first-order valence-electron chi connectivity index (χ1n) is 25.9. The zero-order chi connectivity index (χ0) is 47.2. The maximum Gasteiger partial charge on any atom is 0.0517 e. The second-order valence-corrected chi connectivity index (χ2v) is 22.8. The van der Waals surface area contributed by atoms with Crippen LogP contribution in [-0.2, 0) is 17.3 Å². The summed E-state index contributed by atoms with van der Waals surface area (Å²) in [4.78, 5) is 9.78. The molecular weight excluding hydrogens is 837 g/mol. The van der Waals surface area contributed by atoms with Crippen LogP contribution in [0.4, 0.5) is 34.1 Å². The first-order valence-corrected chi connectivity index (χ1v) is 25.9. The lowest BCUT2D eigenvalue weighted by Crippen LogP contribution is -2.54. The Morgan fingerprint density at radius 3 is 1.42 bits per heavy atom. The maximum atomic E-state index is 2.70. The predicted molar refractivity (Wildman–Crippen MR) is 295 cm³/mol. The fourth-order valence-electron chi connectivity index (χ4n) is 14.7. The van der Waals surface area contributed by atoms with Gasteiger partial charge in [0.1, 0.15) is 0 Å². The second kappa shape index (κ2) is 15.0. The van der Waals surface area contributed by atoms with Gasteiger partial charge in [0.05, 0.1) is 11.1 Å². The van der Waals surface area contributed by atoms with E-state index in [1.165, 1.54) is 163 Å². The van der Waals surface area contributed by atoms with Crippen LogP contribution in [0.5, 0.6) is 0 Å². The molecule has 4 nitrogen and oxygen atoms in total. The number of rotatable bonds is 6. The SMILES string of the molecule is CN(C)c1ccc(N2c3ccc(-c4ccc5c(c4)Cc4c-5c5ccccc5c5cc(-c6ccc7c(c6)C6(C)CCCCC6(C)N7c6ccc(N(C)C)cc6)ccc45)cc3C3(C)CCCCC23C)cc1. The Labute approximate surface area is 410 Å². The molecule has 2 fully saturated rings. The van der Waals surface area contributed by atoms with Crippen molar-refractivity contribution in [1.29, 1.82) is 0 Å². The smallest absolute Gasteiger partial charge is 0.0517 e. The van der Waals surface area contributed by atoms with Crippen molar-refractivity contribution in [3.05, 3.63) is 168 Å². The quantitative estimate of drug-likeness (QED) is 0.154. The molecule has 346 valence electrons. The molecule has 0 bridgehead atoms. The van der Waals surface area contributed by atoms with Gasteiger partial charge in [0.15, 0.2) is 0 Å². The van der Waals surface area contributed by atoms with Crippen molar-refractivity contribution in [3.63, 3.8) is 0 Å². The van der Waals surface area contributed by atoms with Crippen LogP contribution in [0.3, 0.4) is 0 Å². The summed E-state index contributed by atoms with van der Waals surface area (Å²) in [7, 11) is 8.49. The number of hydrogen-bond donors (Lipinski definition) is 0. The van der Waals surface area contributed by atoms with Crippen LogP contribution < -0.4 is 19.6 Å². The van der Waals surface area contributed by atoms with Crippen LogP contribution in [0.25, 0.3) is 54.9 Å². The zero-order valence-electron chi connectivity index (χ0n) is 42.0. The van der Waals surface area contributed by atoms with E-state index in [4.69, 9.17) is 0 Å². The molecule has 8 aromatic rings. The fourth-order valence-corrected chi connectivity index (χ4v) is 14.7. The maximum absolute atomic E-state index is 2.70. The molecule has 8 aromatic carbocycles. The molecule has 0 N–H and O–H groups in total. The molecule has 0 saturated heterocycles. The van der Waals surface area contributed by atoms with Crippen molar-refractivity contribution in [3.8, 4) is 33.4 Å². The number of anilines is 6. The van der Waals surface area contributed by atoms with Gasteiger partial charge in [-0.3, -0.25) is 0 Å². The normalized spacial score (nSPS) is 24.2. The summed E-state index contributed by atoms with van der Waals surface area (Å²) in [5, 5.41) is 5.44. The van der Waals surface area contributed by atoms with E-state index in [0.29, 0.717) is 0 Å². The first kappa shape index (κ1) is 42.6. The lowest BCUT2D eigenvalue weighted by Gasteiger charge is -2.50. The monoisotopic (exact) mass is 903 g/mol. The number of fused-ring (bicyclic) bond motifs is 14. The Bertz CT molecular complexity index is 3400. The summed E-state index contributed by atoms with van der Waals surface area (Å²) in [6.07, 6.45) is 10.8. The third kappa shape index (κ3) is 5.87. The molecule has 3 aliphatic carbocycles. The van der Waals surface area contributed by atoms with E-state index in [1.807, 2.05) is 0 Å². The van der Waals surface area contributed by atoms with E-state index < -0.39 is 0 Å². The molecule has 69 heavy (non-hydrogen) atoms. The minimum atomic E-state index is 0.0107. The molecule has 5 aliphatic rings. The Morgan fingerprint density at radius 1 is 0.420 bits per heavy atom. The first-order chi connectivity index (χ1) is 33.3. The highest BCUT2D eigenvalue weighted by molar-refractivity contribution is 6.18. The minimum absolute atomic E-state index is 0.0107. The standard InChI is InChI=1S/C65H66N4/c1-62-33-11-13-35-64(62,3)68(49-25-21-47(22-26-49)66(5)6)59-31-19-44(40-57(59)62)42-17-29-51-46(37-42)39-56-53-30-18-43(38-55(53)52-15-9-10-16-54(52)61(51)56)45-20-32-60-58(41-45)63(2)34-12-14-36-65(63,4)69(60)50-27-23-48(24-28-50)67(7)8/h9-10,15-32,37-38,40-41H,11-14,33-36,39H2,1-8H3. The van der Waals surface area contributed by atoms with Gasteiger partial charge in [-0.2, -0.15) is 0 Å². The van der Waals surface area contributed by atoms with Crippen LogP contribution >= 0.6 is 0 Å². The van der Waals surface area contributed by atoms with E-state index in [2.05, 4.69) is 221 Å². The molecule has 13 rings (SSSR count). The van der Waals surface area contributed by atoms with Gasteiger partial charge >= 0.3 is 0 Å². The molecule has 0 spiro atoms. The van der Waals surface area contributed by atoms with Crippen LogP contribution in [0.15, 0.2) is 146 Å². The van der Waals surface area contributed by atoms with Gasteiger partial charge in [-0.1, -0.05) is 106 Å². The molecule has 2 saturated carbocycles. The molecule has 0 radical (unpaired) electrons. The van der Waals surface area contributed by atoms with Gasteiger partial charge in [0, 0.05) is 73.1 Å². The Balaban J connectivity index is 0.872. The molecule has 4 unspecified atom stereocenters. The van der Waals surface area contributed by atoms with Crippen molar-refractivity contribution < 1.29 is 0 Å². The van der Waals surface area contributed by atoms with E-state index in [0.717, 1.165) is 6.42 Å². The molecule has 2 heterocycles. The molecule has 4 heteroatoms. The van der Waals surface area contributed by atoms with Gasteiger partial charge in [0.2, 0.25) is 0 Å². The number of nitrogens with zero attached hydrogens (tertiary/aromatic N) is 4. The minimum Gasteiger partial charge on any atom is -0.378 e. The second-order valence-electron chi connectivity index (χ2n) is 22.8. The zero-order valence-corrected chi connectivity index (χ0v) is 42.0. The summed E-state index contributed by atoms with van der Waals surface area (Å²) in [6, 6.07) is 57.2. The average molecular weight is 903 g/mol. The highest BCUT2D eigenvalue weighted by atomic mass is 15.3. The van der Waals surface area contributed by atoms with E-state index in [-0.39, 0.29) is 21.9 Å². The van der Waals surface area contributed by atoms with Crippen LogP contribution in [0, 0.1) is 0 Å². The van der Waals surface area contributed by atoms with Gasteiger partial charge in [-0.25, -0.2) is 0 Å². The molecular formula is C65H66N4. The summed E-state index contributed by atoms with van der Waals surface area (Å²) in [5.74, 6) is 0. The van der Waals surface area contributed by atoms with Gasteiger partial charge in [0.25, 0.3) is 0 Å². The van der Waals surface area contributed by atoms with Crippen LogP contribution in [0.2, 0.25) is 0 Å². The summed E-state index contributed by atoms with van der Waals surface area (Å²) in [6.45, 7) is 10.2. The molecule has 0 aromatic heterocycles. The van der Waals surface area contributed by atoms with Crippen LogP contribution in [0.1, 0.15) is 101 Å². The van der Waals surface area contributed by atoms with Gasteiger partial charge in [-0.15, -0.1) is 0 Å². The van der Waals surface area contributed by atoms with Crippen molar-refractivity contribution >= 4 is 55.7 Å². The average Bonchev–Trinajstić information content (AvgIpc) is 3.92. The molecule has 2 aliphatic heterocycles. The lowest BCUT2D eigenvalue weighted by atomic mass is 9.61. The largest absolute Gasteiger partial charge is 0.378 e. The third-order valence-electron chi connectivity index (χ3n) is 19.0. The number of hydrogen-bond acceptors (Lipinski definition) is 4. The van der Waals surface area contributed by atoms with Crippen molar-refractivity contribution in [2.75, 3.05) is 47.8 Å². The highest BCUT2D eigenvalue weighted by Gasteiger charge is 2.59. The van der Waals surface area contributed by atoms with Gasteiger partial charge < -0.3 is 19.6 Å². The van der Waals surface area contributed by atoms with Crippen LogP contribution in [-0.4, -0.2) is 39.3 Å². The lowest BCUT2D eigenvalue weighted by molar-refractivity contribution is 0.195. The van der Waals surface area contributed by atoms with Crippen molar-refractivity contribution in [2.24, 2.45) is 0 Å². The Hall–Kier alpha value is -6.52. The third-order valence-corrected chi connectivity index (χ3v) is 19.0. The number of benzene rings is 8. The molecule has 4 atom stereocenters. The predicted octanol–water partition coefficient (Wildman–Crippen LogP) is 16.5. The Kier molecular flexibility index (Phi) is 9.25. The highest BCUT2D eigenvalue weighted by Crippen LogP contribution is 2.63. The summed E-state index contributed by atoms with van der Waals surface area (Å²) >= 11 is 0. The fraction of sp³-hybridized carbons (Fsp3) is 0.323. The summed E-state index contributed by atoms with van der Waals surface area (Å²) in [5.41, 5.74) is 21.9. The van der Waals surface area contributed by atoms with Gasteiger partial charge in [-0.05, 0) is 202 Å². The van der Waals surface area contributed by atoms with Crippen molar-refractivity contribution in [1.82, 2.24) is 0 Å². The Morgan fingerprint density at radius 2 is 0.884 bits per heavy atom. The summed E-state index contributed by atoms with van der Waals surface area (Å²) < 4.78 is 0. The van der Waals surface area contributed by atoms with E-state index >= 15 is 0 Å². The van der Waals surface area contributed by atoms with E-state index in [1.54, 1.807) is 0 Å². The molecule has 0 amide bonds. The van der Waals surface area contributed by atoms with E-state index in [9.17, 15) is 0 Å².